The van der Waals surface area contributed by atoms with E-state index in [1.54, 1.807) is 12.0 Å². The van der Waals surface area contributed by atoms with Crippen molar-refractivity contribution in [3.63, 3.8) is 0 Å². The number of halogens is 1. The van der Waals surface area contributed by atoms with Crippen LogP contribution in [0.25, 0.3) is 0 Å². The van der Waals surface area contributed by atoms with Crippen molar-refractivity contribution in [1.82, 2.24) is 15.5 Å². The molecule has 1 unspecified atom stereocenters. The SMILES string of the molecule is CCNC(=NCC(C)c1ccccc1OC)NC1CCN(C(=O)OCC)CC1.I. The summed E-state index contributed by atoms with van der Waals surface area (Å²) < 4.78 is 10.5. The number of para-hydroxylation sites is 1. The Morgan fingerprint density at radius 2 is 1.97 bits per heavy atom. The fourth-order valence-corrected chi connectivity index (χ4v) is 3.33. The number of hydrogen-bond acceptors (Lipinski definition) is 4. The summed E-state index contributed by atoms with van der Waals surface area (Å²) >= 11 is 0. The van der Waals surface area contributed by atoms with Gasteiger partial charge >= 0.3 is 6.09 Å². The number of piperidine rings is 1. The highest BCUT2D eigenvalue weighted by atomic mass is 127. The van der Waals surface area contributed by atoms with Crippen LogP contribution in [0.15, 0.2) is 29.3 Å². The number of likely N-dealkylation sites (tertiary alicyclic amines) is 1. The first-order valence-corrected chi connectivity index (χ1v) is 10.2. The summed E-state index contributed by atoms with van der Waals surface area (Å²) in [6, 6.07) is 8.37. The minimum atomic E-state index is -0.216. The molecule has 0 bridgehead atoms. The Bertz CT molecular complexity index is 649. The second-order valence-corrected chi connectivity index (χ2v) is 6.97. The summed E-state index contributed by atoms with van der Waals surface area (Å²) in [6.07, 6.45) is 1.54. The third-order valence-electron chi connectivity index (χ3n) is 4.90. The molecule has 2 rings (SSSR count). The van der Waals surface area contributed by atoms with E-state index in [-0.39, 0.29) is 36.0 Å². The first kappa shape index (κ1) is 25.3. The van der Waals surface area contributed by atoms with Crippen molar-refractivity contribution in [3.05, 3.63) is 29.8 Å². The van der Waals surface area contributed by atoms with Crippen LogP contribution in [0.1, 0.15) is 45.1 Å². The van der Waals surface area contributed by atoms with Gasteiger partial charge in [0.1, 0.15) is 5.75 Å². The van der Waals surface area contributed by atoms with E-state index in [4.69, 9.17) is 14.5 Å². The smallest absolute Gasteiger partial charge is 0.409 e. The van der Waals surface area contributed by atoms with E-state index in [0.29, 0.717) is 32.3 Å². The molecule has 1 aliphatic rings. The Kier molecular flexibility index (Phi) is 11.8. The molecular weight excluding hydrogens is 483 g/mol. The van der Waals surface area contributed by atoms with Crippen LogP contribution >= 0.6 is 24.0 Å². The van der Waals surface area contributed by atoms with E-state index in [2.05, 4.69) is 30.5 Å². The van der Waals surface area contributed by atoms with E-state index in [1.807, 2.05) is 25.1 Å². The summed E-state index contributed by atoms with van der Waals surface area (Å²) in [5.74, 6) is 1.96. The lowest BCUT2D eigenvalue weighted by Gasteiger charge is -2.32. The van der Waals surface area contributed by atoms with Crippen LogP contribution in [-0.2, 0) is 4.74 Å². The standard InChI is InChI=1S/C21H34N4O3.HI/c1-5-22-20(23-15-16(3)18-9-7-8-10-19(18)27-4)24-17-11-13-25(14-12-17)21(26)28-6-2;/h7-10,16-17H,5-6,11-15H2,1-4H3,(H2,22,23,24);1H. The van der Waals surface area contributed by atoms with Crippen LogP contribution in [0.3, 0.4) is 0 Å². The minimum Gasteiger partial charge on any atom is -0.496 e. The zero-order valence-electron chi connectivity index (χ0n) is 17.9. The molecule has 0 aromatic heterocycles. The van der Waals surface area contributed by atoms with Gasteiger partial charge in [-0.15, -0.1) is 24.0 Å². The maximum absolute atomic E-state index is 11.8. The highest BCUT2D eigenvalue weighted by molar-refractivity contribution is 14.0. The van der Waals surface area contributed by atoms with Gasteiger partial charge in [-0.1, -0.05) is 25.1 Å². The lowest BCUT2D eigenvalue weighted by atomic mass is 10.0. The number of nitrogens with zero attached hydrogens (tertiary/aromatic N) is 2. The van der Waals surface area contributed by atoms with Gasteiger partial charge in [0.2, 0.25) is 0 Å². The number of amides is 1. The Balaban J connectivity index is 0.00000420. The number of rotatable bonds is 7. The molecule has 1 amide bonds. The third kappa shape index (κ3) is 7.91. The Morgan fingerprint density at radius 3 is 2.59 bits per heavy atom. The Hall–Kier alpha value is -1.71. The van der Waals surface area contributed by atoms with Crippen molar-refractivity contribution in [3.8, 4) is 5.75 Å². The summed E-state index contributed by atoms with van der Waals surface area (Å²) in [4.78, 5) is 18.4. The van der Waals surface area contributed by atoms with Crippen LogP contribution in [0.4, 0.5) is 4.79 Å². The summed E-state index contributed by atoms with van der Waals surface area (Å²) in [7, 11) is 1.70. The molecule has 1 aromatic rings. The van der Waals surface area contributed by atoms with Crippen LogP contribution in [0, 0.1) is 0 Å². The van der Waals surface area contributed by atoms with Crippen molar-refractivity contribution < 1.29 is 14.3 Å². The molecule has 164 valence electrons. The van der Waals surface area contributed by atoms with Gasteiger partial charge in [0.15, 0.2) is 5.96 Å². The highest BCUT2D eigenvalue weighted by Gasteiger charge is 2.24. The normalized spacial score (nSPS) is 15.9. The molecule has 1 heterocycles. The molecule has 0 aliphatic carbocycles. The third-order valence-corrected chi connectivity index (χ3v) is 4.90. The quantitative estimate of drug-likeness (QED) is 0.328. The van der Waals surface area contributed by atoms with Crippen LogP contribution in [0.5, 0.6) is 5.75 Å². The number of aliphatic imine (C=N–C) groups is 1. The van der Waals surface area contributed by atoms with Crippen LogP contribution < -0.4 is 15.4 Å². The second kappa shape index (κ2) is 13.5. The number of guanidine groups is 1. The molecule has 0 radical (unpaired) electrons. The molecule has 8 heteroatoms. The summed E-state index contributed by atoms with van der Waals surface area (Å²) in [5, 5.41) is 6.83. The van der Waals surface area contributed by atoms with Gasteiger partial charge in [-0.05, 0) is 38.3 Å². The van der Waals surface area contributed by atoms with E-state index in [9.17, 15) is 4.79 Å². The average molecular weight is 518 g/mol. The molecule has 29 heavy (non-hydrogen) atoms. The molecule has 7 nitrogen and oxygen atoms in total. The maximum atomic E-state index is 11.8. The van der Waals surface area contributed by atoms with Crippen LogP contribution in [-0.4, -0.2) is 62.9 Å². The maximum Gasteiger partial charge on any atom is 0.409 e. The summed E-state index contributed by atoms with van der Waals surface area (Å²) in [5.41, 5.74) is 1.16. The lowest BCUT2D eigenvalue weighted by molar-refractivity contribution is 0.0963. The monoisotopic (exact) mass is 518 g/mol. The van der Waals surface area contributed by atoms with Crippen molar-refractivity contribution in [2.75, 3.05) is 39.9 Å². The fraction of sp³-hybridized carbons (Fsp3) is 0.619. The number of benzene rings is 1. The minimum absolute atomic E-state index is 0. The number of carbonyl (C=O) groups is 1. The second-order valence-electron chi connectivity index (χ2n) is 6.97. The number of hydrogen-bond donors (Lipinski definition) is 2. The number of methoxy groups -OCH3 is 1. The molecule has 1 aliphatic heterocycles. The zero-order valence-corrected chi connectivity index (χ0v) is 20.3. The first-order chi connectivity index (χ1) is 13.6. The van der Waals surface area contributed by atoms with Crippen molar-refractivity contribution in [2.24, 2.45) is 4.99 Å². The highest BCUT2D eigenvalue weighted by Crippen LogP contribution is 2.26. The van der Waals surface area contributed by atoms with Gasteiger partial charge in [-0.2, -0.15) is 0 Å². The first-order valence-electron chi connectivity index (χ1n) is 10.2. The van der Waals surface area contributed by atoms with Gasteiger partial charge in [0, 0.05) is 38.1 Å². The molecule has 0 spiro atoms. The number of nitrogens with one attached hydrogen (secondary N) is 2. The Morgan fingerprint density at radius 1 is 1.28 bits per heavy atom. The molecule has 2 N–H and O–H groups in total. The zero-order chi connectivity index (χ0) is 20.4. The van der Waals surface area contributed by atoms with Gasteiger partial charge < -0.3 is 25.0 Å². The van der Waals surface area contributed by atoms with E-state index in [0.717, 1.165) is 36.7 Å². The van der Waals surface area contributed by atoms with Gasteiger partial charge in [-0.25, -0.2) is 4.79 Å². The Labute approximate surface area is 191 Å². The molecule has 1 saturated heterocycles. The van der Waals surface area contributed by atoms with Crippen molar-refractivity contribution >= 4 is 36.0 Å². The predicted octanol–water partition coefficient (Wildman–Crippen LogP) is 3.59. The van der Waals surface area contributed by atoms with E-state index < -0.39 is 0 Å². The molecule has 1 aromatic carbocycles. The predicted molar refractivity (Wildman–Crippen MR) is 128 cm³/mol. The fourth-order valence-electron chi connectivity index (χ4n) is 3.33. The summed E-state index contributed by atoms with van der Waals surface area (Å²) in [6.45, 7) is 9.33. The van der Waals surface area contributed by atoms with Gasteiger partial charge in [-0.3, -0.25) is 4.99 Å². The van der Waals surface area contributed by atoms with Crippen molar-refractivity contribution in [1.29, 1.82) is 0 Å². The molecular formula is C21H35IN4O3. The molecule has 1 atom stereocenters. The lowest BCUT2D eigenvalue weighted by Crippen LogP contribution is -2.50. The number of ether oxygens (including phenoxy) is 2. The van der Waals surface area contributed by atoms with E-state index in [1.165, 1.54) is 0 Å². The topological polar surface area (TPSA) is 75.2 Å². The van der Waals surface area contributed by atoms with Crippen LogP contribution in [0.2, 0.25) is 0 Å². The molecule has 0 saturated carbocycles. The number of carbonyl (C=O) groups excluding carboxylic acids is 1. The largest absolute Gasteiger partial charge is 0.496 e. The van der Waals surface area contributed by atoms with Crippen molar-refractivity contribution in [2.45, 2.75) is 45.6 Å². The average Bonchev–Trinajstić information content (AvgIpc) is 2.72. The van der Waals surface area contributed by atoms with E-state index >= 15 is 0 Å². The van der Waals surface area contributed by atoms with Gasteiger partial charge in [0.25, 0.3) is 0 Å². The van der Waals surface area contributed by atoms with Gasteiger partial charge in [0.05, 0.1) is 13.7 Å². The molecule has 1 fully saturated rings.